The molecule has 0 amide bonds. The van der Waals surface area contributed by atoms with Crippen LogP contribution in [-0.2, 0) is 16.4 Å². The Bertz CT molecular complexity index is 713. The fourth-order valence-electron chi connectivity index (χ4n) is 1.62. The maximum absolute atomic E-state index is 13.1. The van der Waals surface area contributed by atoms with Crippen molar-refractivity contribution >= 4 is 26.5 Å². The van der Waals surface area contributed by atoms with Crippen LogP contribution >= 0.6 is 11.3 Å². The maximum Gasteiger partial charge on any atom is 0.240 e. The Morgan fingerprint density at radius 2 is 2.20 bits per heavy atom. The van der Waals surface area contributed by atoms with E-state index in [1.807, 2.05) is 0 Å². The number of halogens is 1. The number of rotatable bonds is 5. The third-order valence-corrected chi connectivity index (χ3v) is 4.86. The summed E-state index contributed by atoms with van der Waals surface area (Å²) in [6.07, 6.45) is 0.451. The van der Waals surface area contributed by atoms with E-state index in [-0.39, 0.29) is 11.4 Å². The normalized spacial score (nSPS) is 11.7. The molecule has 2 aromatic rings. The van der Waals surface area contributed by atoms with Gasteiger partial charge in [-0.15, -0.1) is 11.3 Å². The van der Waals surface area contributed by atoms with Gasteiger partial charge in [0, 0.05) is 18.3 Å². The molecule has 0 fully saturated rings. The molecule has 5 nitrogen and oxygen atoms in total. The van der Waals surface area contributed by atoms with Crippen molar-refractivity contribution in [2.24, 2.45) is 0 Å². The van der Waals surface area contributed by atoms with Crippen LogP contribution < -0.4 is 10.5 Å². The lowest BCUT2D eigenvalue weighted by Crippen LogP contribution is -2.26. The number of aromatic nitrogens is 1. The van der Waals surface area contributed by atoms with Crippen molar-refractivity contribution in [2.75, 3.05) is 12.3 Å². The average Bonchev–Trinajstić information content (AvgIpc) is 2.78. The largest absolute Gasteiger partial charge is 0.375 e. The molecule has 1 heterocycles. The molecule has 0 saturated carbocycles. The van der Waals surface area contributed by atoms with Crippen molar-refractivity contribution in [3.8, 4) is 0 Å². The van der Waals surface area contributed by atoms with E-state index in [2.05, 4.69) is 9.71 Å². The van der Waals surface area contributed by atoms with Gasteiger partial charge >= 0.3 is 0 Å². The van der Waals surface area contributed by atoms with Gasteiger partial charge in [-0.2, -0.15) is 0 Å². The number of aryl methyl sites for hydroxylation is 1. The van der Waals surface area contributed by atoms with Gasteiger partial charge in [-0.25, -0.2) is 22.5 Å². The number of thiazole rings is 1. The summed E-state index contributed by atoms with van der Waals surface area (Å²) in [6.45, 7) is 1.73. The Labute approximate surface area is 120 Å². The van der Waals surface area contributed by atoms with E-state index in [9.17, 15) is 12.8 Å². The van der Waals surface area contributed by atoms with E-state index in [0.29, 0.717) is 17.1 Å². The third kappa shape index (κ3) is 3.53. The fraction of sp³-hybridized carbons (Fsp3) is 0.250. The monoisotopic (exact) mass is 315 g/mol. The summed E-state index contributed by atoms with van der Waals surface area (Å²) in [5, 5.41) is 2.24. The molecule has 8 heteroatoms. The number of nitrogen functional groups attached to an aromatic ring is 1. The van der Waals surface area contributed by atoms with Gasteiger partial charge in [0.05, 0.1) is 10.6 Å². The van der Waals surface area contributed by atoms with E-state index < -0.39 is 15.8 Å². The highest BCUT2D eigenvalue weighted by Crippen LogP contribution is 2.14. The lowest BCUT2D eigenvalue weighted by atomic mass is 10.2. The second-order valence-electron chi connectivity index (χ2n) is 4.24. The molecule has 3 N–H and O–H groups in total. The first-order valence-electron chi connectivity index (χ1n) is 5.84. The molecule has 0 unspecified atom stereocenters. The summed E-state index contributed by atoms with van der Waals surface area (Å²) in [5.74, 6) is -0.429. The number of hydrogen-bond acceptors (Lipinski definition) is 5. The number of nitrogens with one attached hydrogen (secondary N) is 1. The summed E-state index contributed by atoms with van der Waals surface area (Å²) in [6, 6.07) is 3.69. The Morgan fingerprint density at radius 1 is 1.45 bits per heavy atom. The summed E-state index contributed by atoms with van der Waals surface area (Å²) >= 11 is 1.31. The molecule has 0 radical (unpaired) electrons. The van der Waals surface area contributed by atoms with E-state index in [1.54, 1.807) is 5.38 Å². The second kappa shape index (κ2) is 5.86. The highest BCUT2D eigenvalue weighted by Gasteiger charge is 2.14. The Hall–Kier alpha value is -1.51. The van der Waals surface area contributed by atoms with E-state index in [4.69, 9.17) is 5.73 Å². The Balaban J connectivity index is 2.02. The van der Waals surface area contributed by atoms with Gasteiger partial charge in [-0.05, 0) is 30.7 Å². The first-order valence-corrected chi connectivity index (χ1v) is 8.20. The van der Waals surface area contributed by atoms with Crippen molar-refractivity contribution in [1.29, 1.82) is 0 Å². The quantitative estimate of drug-likeness (QED) is 0.879. The molecule has 0 bridgehead atoms. The van der Waals surface area contributed by atoms with Gasteiger partial charge in [-0.3, -0.25) is 0 Å². The topological polar surface area (TPSA) is 85.1 Å². The summed E-state index contributed by atoms with van der Waals surface area (Å²) in [4.78, 5) is 4.09. The molecule has 0 aliphatic rings. The van der Waals surface area contributed by atoms with Crippen molar-refractivity contribution in [2.45, 2.75) is 18.2 Å². The van der Waals surface area contributed by atoms with Gasteiger partial charge in [0.1, 0.15) is 5.82 Å². The first-order chi connectivity index (χ1) is 9.38. The van der Waals surface area contributed by atoms with E-state index in [0.717, 1.165) is 11.8 Å². The molecule has 2 rings (SSSR count). The summed E-state index contributed by atoms with van der Waals surface area (Å²) in [7, 11) is -3.64. The number of sulfonamides is 1. The molecule has 108 valence electrons. The third-order valence-electron chi connectivity index (χ3n) is 2.68. The van der Waals surface area contributed by atoms with Gasteiger partial charge in [0.15, 0.2) is 5.13 Å². The number of hydrogen-bond donors (Lipinski definition) is 2. The smallest absolute Gasteiger partial charge is 0.240 e. The number of benzene rings is 1. The molecule has 0 aliphatic carbocycles. The molecular formula is C12H14FN3O2S2. The van der Waals surface area contributed by atoms with Crippen LogP contribution in [0, 0.1) is 12.7 Å². The van der Waals surface area contributed by atoms with Crippen LogP contribution in [0.2, 0.25) is 0 Å². The van der Waals surface area contributed by atoms with Gasteiger partial charge in [0.2, 0.25) is 10.0 Å². The molecule has 20 heavy (non-hydrogen) atoms. The van der Waals surface area contributed by atoms with Crippen LogP contribution in [0.4, 0.5) is 9.52 Å². The molecule has 1 aromatic carbocycles. The number of anilines is 1. The lowest BCUT2D eigenvalue weighted by Gasteiger charge is -2.07. The van der Waals surface area contributed by atoms with Crippen molar-refractivity contribution in [1.82, 2.24) is 9.71 Å². The minimum atomic E-state index is -3.64. The van der Waals surface area contributed by atoms with Gasteiger partial charge < -0.3 is 5.73 Å². The van der Waals surface area contributed by atoms with Crippen LogP contribution in [0.1, 0.15) is 11.3 Å². The number of nitrogens with zero attached hydrogens (tertiary/aromatic N) is 1. The molecule has 0 spiro atoms. The Kier molecular flexibility index (Phi) is 4.36. The fourth-order valence-corrected chi connectivity index (χ4v) is 3.33. The lowest BCUT2D eigenvalue weighted by molar-refractivity contribution is 0.580. The second-order valence-corrected chi connectivity index (χ2v) is 6.89. The van der Waals surface area contributed by atoms with E-state index >= 15 is 0 Å². The predicted octanol–water partition coefficient (Wildman–Crippen LogP) is 1.69. The maximum atomic E-state index is 13.1. The molecular weight excluding hydrogens is 301 g/mol. The van der Waals surface area contributed by atoms with Gasteiger partial charge in [-0.1, -0.05) is 0 Å². The highest BCUT2D eigenvalue weighted by molar-refractivity contribution is 7.89. The van der Waals surface area contributed by atoms with Crippen LogP contribution in [-0.4, -0.2) is 19.9 Å². The molecule has 1 aromatic heterocycles. The standard InChI is InChI=1S/C12H14FN3O2S2/c1-8-6-10(2-3-11(8)13)20(17,18)15-5-4-9-7-19-12(14)16-9/h2-3,6-7,15H,4-5H2,1H3,(H2,14,16). The van der Waals surface area contributed by atoms with Crippen molar-refractivity contribution < 1.29 is 12.8 Å². The average molecular weight is 315 g/mol. The Morgan fingerprint density at radius 3 is 2.80 bits per heavy atom. The summed E-state index contributed by atoms with van der Waals surface area (Å²) in [5.41, 5.74) is 6.52. The molecule has 0 atom stereocenters. The first kappa shape index (κ1) is 14.9. The van der Waals surface area contributed by atoms with Crippen LogP contribution in [0.25, 0.3) is 0 Å². The van der Waals surface area contributed by atoms with Crippen LogP contribution in [0.15, 0.2) is 28.5 Å². The van der Waals surface area contributed by atoms with E-state index in [1.165, 1.54) is 30.4 Å². The zero-order valence-corrected chi connectivity index (χ0v) is 12.4. The highest BCUT2D eigenvalue weighted by atomic mass is 32.2. The molecule has 0 saturated heterocycles. The van der Waals surface area contributed by atoms with Crippen LogP contribution in [0.5, 0.6) is 0 Å². The zero-order chi connectivity index (χ0) is 14.8. The molecule has 0 aliphatic heterocycles. The van der Waals surface area contributed by atoms with Crippen molar-refractivity contribution in [3.05, 3.63) is 40.7 Å². The zero-order valence-electron chi connectivity index (χ0n) is 10.8. The summed E-state index contributed by atoms with van der Waals surface area (Å²) < 4.78 is 39.6. The van der Waals surface area contributed by atoms with Crippen molar-refractivity contribution in [3.63, 3.8) is 0 Å². The van der Waals surface area contributed by atoms with Crippen LogP contribution in [0.3, 0.4) is 0 Å². The SMILES string of the molecule is Cc1cc(S(=O)(=O)NCCc2csc(N)n2)ccc1F. The van der Waals surface area contributed by atoms with Gasteiger partial charge in [0.25, 0.3) is 0 Å². The predicted molar refractivity (Wildman–Crippen MR) is 76.6 cm³/mol. The number of nitrogens with two attached hydrogens (primary N) is 1. The minimum Gasteiger partial charge on any atom is -0.375 e. The minimum absolute atomic E-state index is 0.0502.